The molecule has 2 aromatic rings. The van der Waals surface area contributed by atoms with Gasteiger partial charge in [-0.2, -0.15) is 0 Å². The molecule has 0 atom stereocenters. The Morgan fingerprint density at radius 3 is 2.57 bits per heavy atom. The zero-order chi connectivity index (χ0) is 20.1. The average Bonchev–Trinajstić information content (AvgIpc) is 2.99. The summed E-state index contributed by atoms with van der Waals surface area (Å²) in [5.41, 5.74) is 1.07. The normalized spacial score (nSPS) is 13.8. The molecule has 0 fully saturated rings. The van der Waals surface area contributed by atoms with E-state index in [0.29, 0.717) is 48.1 Å². The highest BCUT2D eigenvalue weighted by atomic mass is 16.6. The summed E-state index contributed by atoms with van der Waals surface area (Å²) in [6, 6.07) is 12.2. The van der Waals surface area contributed by atoms with Crippen molar-refractivity contribution in [2.24, 2.45) is 0 Å². The van der Waals surface area contributed by atoms with Gasteiger partial charge in [-0.25, -0.2) is 4.79 Å². The number of fused-ring (bicyclic) bond motifs is 1. The third-order valence-electron chi connectivity index (χ3n) is 4.38. The number of hydrogen-bond acceptors (Lipinski definition) is 5. The van der Waals surface area contributed by atoms with Crippen molar-refractivity contribution in [3.8, 4) is 17.2 Å². The van der Waals surface area contributed by atoms with E-state index in [1.54, 1.807) is 53.4 Å². The molecule has 0 spiro atoms. The maximum Gasteiger partial charge on any atom is 0.415 e. The van der Waals surface area contributed by atoms with Crippen LogP contribution in [0.4, 0.5) is 4.79 Å². The Balaban J connectivity index is 1.86. The van der Waals surface area contributed by atoms with Crippen LogP contribution in [-0.2, 0) is 0 Å². The number of amides is 1. The lowest BCUT2D eigenvalue weighted by molar-refractivity contribution is 0.101. The predicted molar refractivity (Wildman–Crippen MR) is 106 cm³/mol. The van der Waals surface area contributed by atoms with E-state index in [2.05, 4.69) is 0 Å². The second kappa shape index (κ2) is 8.61. The number of allylic oxidation sites excluding steroid dienone is 1. The van der Waals surface area contributed by atoms with Crippen LogP contribution >= 0.6 is 0 Å². The Hall–Kier alpha value is -3.28. The Morgan fingerprint density at radius 1 is 1.11 bits per heavy atom. The lowest BCUT2D eigenvalue weighted by Gasteiger charge is -2.18. The second-order valence-electron chi connectivity index (χ2n) is 6.11. The van der Waals surface area contributed by atoms with Crippen LogP contribution < -0.4 is 14.2 Å². The molecular formula is C22H23NO5. The van der Waals surface area contributed by atoms with Crippen molar-refractivity contribution >= 4 is 18.0 Å². The zero-order valence-electron chi connectivity index (χ0n) is 16.2. The molecule has 3 rings (SSSR count). The summed E-state index contributed by atoms with van der Waals surface area (Å²) < 4.78 is 16.7. The largest absolute Gasteiger partial charge is 0.494 e. The van der Waals surface area contributed by atoms with Crippen molar-refractivity contribution < 1.29 is 23.8 Å². The topological polar surface area (TPSA) is 65.1 Å². The maximum atomic E-state index is 12.7. The molecule has 0 aromatic heterocycles. The van der Waals surface area contributed by atoms with Crippen LogP contribution in [0.3, 0.4) is 0 Å². The minimum absolute atomic E-state index is 0.176. The van der Waals surface area contributed by atoms with E-state index in [1.165, 1.54) is 0 Å². The van der Waals surface area contributed by atoms with Gasteiger partial charge in [0.1, 0.15) is 17.2 Å². The van der Waals surface area contributed by atoms with Gasteiger partial charge in [0.2, 0.25) is 5.78 Å². The smallest absolute Gasteiger partial charge is 0.415 e. The molecule has 0 unspecified atom stereocenters. The monoisotopic (exact) mass is 381 g/mol. The van der Waals surface area contributed by atoms with E-state index >= 15 is 0 Å². The first-order valence-electron chi connectivity index (χ1n) is 9.34. The van der Waals surface area contributed by atoms with E-state index in [-0.39, 0.29) is 11.5 Å². The maximum absolute atomic E-state index is 12.7. The molecule has 1 aliphatic heterocycles. The van der Waals surface area contributed by atoms with Gasteiger partial charge in [-0.05, 0) is 45.0 Å². The highest BCUT2D eigenvalue weighted by molar-refractivity contribution is 6.14. The Labute approximate surface area is 164 Å². The number of rotatable bonds is 6. The van der Waals surface area contributed by atoms with Crippen molar-refractivity contribution in [3.05, 3.63) is 59.4 Å². The zero-order valence-corrected chi connectivity index (χ0v) is 16.2. The summed E-state index contributed by atoms with van der Waals surface area (Å²) in [6.07, 6.45) is 1.16. The van der Waals surface area contributed by atoms with Gasteiger partial charge in [-0.1, -0.05) is 18.2 Å². The van der Waals surface area contributed by atoms with Crippen LogP contribution in [-0.4, -0.2) is 36.5 Å². The fourth-order valence-corrected chi connectivity index (χ4v) is 2.90. The molecule has 1 amide bonds. The van der Waals surface area contributed by atoms with E-state index < -0.39 is 6.09 Å². The number of hydrogen-bond donors (Lipinski definition) is 0. The van der Waals surface area contributed by atoms with Crippen LogP contribution in [0.15, 0.2) is 48.2 Å². The molecule has 0 saturated heterocycles. The summed E-state index contributed by atoms with van der Waals surface area (Å²) in [6.45, 7) is 7.30. The van der Waals surface area contributed by atoms with E-state index in [1.807, 2.05) is 20.8 Å². The van der Waals surface area contributed by atoms with E-state index in [9.17, 15) is 9.59 Å². The van der Waals surface area contributed by atoms with Gasteiger partial charge in [0.05, 0.1) is 12.2 Å². The highest BCUT2D eigenvalue weighted by Gasteiger charge is 2.28. The van der Waals surface area contributed by atoms with Gasteiger partial charge >= 0.3 is 6.09 Å². The fourth-order valence-electron chi connectivity index (χ4n) is 2.90. The Morgan fingerprint density at radius 2 is 1.86 bits per heavy atom. The molecule has 6 nitrogen and oxygen atoms in total. The summed E-state index contributed by atoms with van der Waals surface area (Å²) in [4.78, 5) is 26.5. The summed E-state index contributed by atoms with van der Waals surface area (Å²) in [5, 5.41) is 0. The third kappa shape index (κ3) is 4.01. The van der Waals surface area contributed by atoms with Crippen molar-refractivity contribution in [1.29, 1.82) is 0 Å². The van der Waals surface area contributed by atoms with E-state index in [0.717, 1.165) is 0 Å². The number of ketones is 1. The molecule has 1 aliphatic rings. The molecule has 146 valence electrons. The third-order valence-corrected chi connectivity index (χ3v) is 4.38. The number of ether oxygens (including phenoxy) is 3. The van der Waals surface area contributed by atoms with Crippen molar-refractivity contribution in [2.45, 2.75) is 20.8 Å². The SMILES string of the molecule is CCOc1ccc2c(c1)O/C(=C\c1ccccc1OC(=O)N(CC)CC)C2=O. The summed E-state index contributed by atoms with van der Waals surface area (Å²) >= 11 is 0. The molecule has 28 heavy (non-hydrogen) atoms. The van der Waals surface area contributed by atoms with Crippen LogP contribution in [0.25, 0.3) is 6.08 Å². The van der Waals surface area contributed by atoms with Gasteiger partial charge in [0.15, 0.2) is 5.76 Å². The van der Waals surface area contributed by atoms with Gasteiger partial charge < -0.3 is 19.1 Å². The number of carbonyl (C=O) groups excluding carboxylic acids is 2. The number of nitrogens with zero attached hydrogens (tertiary/aromatic N) is 1. The van der Waals surface area contributed by atoms with Gasteiger partial charge in [-0.15, -0.1) is 0 Å². The first-order valence-corrected chi connectivity index (χ1v) is 9.34. The minimum Gasteiger partial charge on any atom is -0.494 e. The molecule has 1 heterocycles. The van der Waals surface area contributed by atoms with Gasteiger partial charge in [-0.3, -0.25) is 4.79 Å². The van der Waals surface area contributed by atoms with Crippen LogP contribution in [0.1, 0.15) is 36.7 Å². The second-order valence-corrected chi connectivity index (χ2v) is 6.11. The van der Waals surface area contributed by atoms with Crippen molar-refractivity contribution in [1.82, 2.24) is 4.90 Å². The molecule has 0 aliphatic carbocycles. The lowest BCUT2D eigenvalue weighted by atomic mass is 10.1. The van der Waals surface area contributed by atoms with Gasteiger partial charge in [0, 0.05) is 24.7 Å². The first kappa shape index (κ1) is 19.5. The molecule has 0 bridgehead atoms. The molecule has 6 heteroatoms. The lowest BCUT2D eigenvalue weighted by Crippen LogP contribution is -2.33. The minimum atomic E-state index is -0.431. The van der Waals surface area contributed by atoms with Crippen LogP contribution in [0, 0.1) is 0 Å². The predicted octanol–water partition coefficient (Wildman–Crippen LogP) is 4.54. The van der Waals surface area contributed by atoms with Crippen molar-refractivity contribution in [3.63, 3.8) is 0 Å². The standard InChI is InChI=1S/C22H23NO5/c1-4-23(5-2)22(25)28-18-10-8-7-9-15(18)13-20-21(24)17-12-11-16(26-6-3)14-19(17)27-20/h7-14H,4-6H2,1-3H3/b20-13-. The number of para-hydroxylation sites is 1. The van der Waals surface area contributed by atoms with E-state index in [4.69, 9.17) is 14.2 Å². The summed E-state index contributed by atoms with van der Waals surface area (Å²) in [7, 11) is 0. The fraction of sp³-hybridized carbons (Fsp3) is 0.273. The Kier molecular flexibility index (Phi) is 5.99. The molecular weight excluding hydrogens is 358 g/mol. The molecule has 2 aromatic carbocycles. The highest BCUT2D eigenvalue weighted by Crippen LogP contribution is 2.35. The molecule has 0 saturated carbocycles. The number of benzene rings is 2. The van der Waals surface area contributed by atoms with Gasteiger partial charge in [0.25, 0.3) is 0 Å². The average molecular weight is 381 g/mol. The van der Waals surface area contributed by atoms with Crippen molar-refractivity contribution in [2.75, 3.05) is 19.7 Å². The number of carbonyl (C=O) groups is 2. The number of Topliss-reactive ketones (excluding diaryl/α,β-unsaturated/α-hetero) is 1. The quantitative estimate of drug-likeness (QED) is 0.687. The molecule has 0 N–H and O–H groups in total. The Bertz CT molecular complexity index is 915. The molecule has 0 radical (unpaired) electrons. The van der Waals surface area contributed by atoms with Crippen LogP contribution in [0.2, 0.25) is 0 Å². The summed E-state index contributed by atoms with van der Waals surface area (Å²) in [5.74, 6) is 1.43. The van der Waals surface area contributed by atoms with Crippen LogP contribution in [0.5, 0.6) is 17.2 Å². The first-order chi connectivity index (χ1) is 13.6.